The van der Waals surface area contributed by atoms with Crippen LogP contribution in [0.15, 0.2) is 54.6 Å². The van der Waals surface area contributed by atoms with Gasteiger partial charge in [-0.05, 0) is 49.1 Å². The second-order valence-corrected chi connectivity index (χ2v) is 6.88. The number of hydrogen-bond acceptors (Lipinski definition) is 4. The lowest BCUT2D eigenvalue weighted by Crippen LogP contribution is -2.21. The van der Waals surface area contributed by atoms with Crippen molar-refractivity contribution in [3.05, 3.63) is 71.4 Å². The first-order chi connectivity index (χ1) is 13.5. The SMILES string of the molecule is CC[C@H](C)c1ccc(NC(=O)COC(=O)c2cc(C)nc3ccccc23)cc1. The van der Waals surface area contributed by atoms with E-state index in [1.165, 1.54) is 5.56 Å². The molecule has 3 rings (SSSR count). The lowest BCUT2D eigenvalue weighted by Gasteiger charge is -2.11. The predicted octanol–water partition coefficient (Wildman–Crippen LogP) is 4.85. The third-order valence-electron chi connectivity index (χ3n) is 4.77. The van der Waals surface area contributed by atoms with Crippen LogP contribution in [0.4, 0.5) is 5.69 Å². The molecule has 1 heterocycles. The van der Waals surface area contributed by atoms with E-state index in [0.29, 0.717) is 22.6 Å². The zero-order chi connectivity index (χ0) is 20.1. The van der Waals surface area contributed by atoms with Gasteiger partial charge in [-0.25, -0.2) is 4.79 Å². The average Bonchev–Trinajstić information content (AvgIpc) is 2.71. The van der Waals surface area contributed by atoms with Gasteiger partial charge in [-0.3, -0.25) is 9.78 Å². The Morgan fingerprint density at radius 1 is 1.11 bits per heavy atom. The van der Waals surface area contributed by atoms with Crippen molar-refractivity contribution >= 4 is 28.5 Å². The molecule has 144 valence electrons. The Balaban J connectivity index is 1.63. The summed E-state index contributed by atoms with van der Waals surface area (Å²) < 4.78 is 5.23. The Morgan fingerprint density at radius 2 is 1.82 bits per heavy atom. The average molecular weight is 376 g/mol. The number of aryl methyl sites for hydroxylation is 1. The van der Waals surface area contributed by atoms with Crippen LogP contribution in [0.25, 0.3) is 10.9 Å². The third-order valence-corrected chi connectivity index (χ3v) is 4.77. The minimum atomic E-state index is -0.538. The van der Waals surface area contributed by atoms with E-state index >= 15 is 0 Å². The Bertz CT molecular complexity index is 996. The molecule has 5 heteroatoms. The van der Waals surface area contributed by atoms with Crippen LogP contribution in [0.1, 0.15) is 47.8 Å². The number of rotatable bonds is 6. The fourth-order valence-corrected chi connectivity index (χ4v) is 3.01. The number of nitrogens with zero attached hydrogens (tertiary/aromatic N) is 1. The van der Waals surface area contributed by atoms with Gasteiger partial charge in [-0.2, -0.15) is 0 Å². The summed E-state index contributed by atoms with van der Waals surface area (Å²) >= 11 is 0. The topological polar surface area (TPSA) is 68.3 Å². The number of aromatic nitrogens is 1. The molecular formula is C23H24N2O3. The molecule has 1 N–H and O–H groups in total. The van der Waals surface area contributed by atoms with Gasteiger partial charge in [0.15, 0.2) is 6.61 Å². The molecular weight excluding hydrogens is 352 g/mol. The van der Waals surface area contributed by atoms with Gasteiger partial charge in [0, 0.05) is 16.8 Å². The van der Waals surface area contributed by atoms with E-state index in [1.54, 1.807) is 6.07 Å². The van der Waals surface area contributed by atoms with Crippen molar-refractivity contribution in [2.45, 2.75) is 33.1 Å². The number of amides is 1. The van der Waals surface area contributed by atoms with Crippen LogP contribution in [0, 0.1) is 6.92 Å². The smallest absolute Gasteiger partial charge is 0.339 e. The van der Waals surface area contributed by atoms with Gasteiger partial charge in [-0.15, -0.1) is 0 Å². The van der Waals surface area contributed by atoms with E-state index in [4.69, 9.17) is 4.74 Å². The van der Waals surface area contributed by atoms with Gasteiger partial charge >= 0.3 is 5.97 Å². The lowest BCUT2D eigenvalue weighted by molar-refractivity contribution is -0.119. The predicted molar refractivity (Wildman–Crippen MR) is 111 cm³/mol. The number of ether oxygens (including phenoxy) is 1. The molecule has 0 bridgehead atoms. The fourth-order valence-electron chi connectivity index (χ4n) is 3.01. The molecule has 0 aliphatic carbocycles. The molecule has 3 aromatic rings. The summed E-state index contributed by atoms with van der Waals surface area (Å²) in [6.07, 6.45) is 1.06. The molecule has 28 heavy (non-hydrogen) atoms. The highest BCUT2D eigenvalue weighted by Gasteiger charge is 2.15. The number of nitrogens with one attached hydrogen (secondary N) is 1. The second-order valence-electron chi connectivity index (χ2n) is 6.88. The van der Waals surface area contributed by atoms with Crippen molar-refractivity contribution in [3.8, 4) is 0 Å². The van der Waals surface area contributed by atoms with Crippen LogP contribution in [-0.4, -0.2) is 23.5 Å². The maximum atomic E-state index is 12.5. The molecule has 1 amide bonds. The Morgan fingerprint density at radius 3 is 2.54 bits per heavy atom. The fraction of sp³-hybridized carbons (Fsp3) is 0.261. The van der Waals surface area contributed by atoms with E-state index in [9.17, 15) is 9.59 Å². The normalized spacial score (nSPS) is 11.8. The van der Waals surface area contributed by atoms with Crippen LogP contribution < -0.4 is 5.32 Å². The molecule has 5 nitrogen and oxygen atoms in total. The summed E-state index contributed by atoms with van der Waals surface area (Å²) in [5.74, 6) is -0.437. The van der Waals surface area contributed by atoms with Crippen molar-refractivity contribution in [3.63, 3.8) is 0 Å². The first kappa shape index (κ1) is 19.5. The second kappa shape index (κ2) is 8.65. The summed E-state index contributed by atoms with van der Waals surface area (Å²) in [5, 5.41) is 3.46. The number of hydrogen-bond donors (Lipinski definition) is 1. The number of anilines is 1. The van der Waals surface area contributed by atoms with Gasteiger partial charge in [-0.1, -0.05) is 44.2 Å². The largest absolute Gasteiger partial charge is 0.452 e. The van der Waals surface area contributed by atoms with E-state index in [-0.39, 0.29) is 12.5 Å². The summed E-state index contributed by atoms with van der Waals surface area (Å²) in [4.78, 5) is 29.1. The molecule has 0 aliphatic rings. The van der Waals surface area contributed by atoms with Crippen LogP contribution in [-0.2, 0) is 9.53 Å². The minimum absolute atomic E-state index is 0.346. The maximum absolute atomic E-state index is 12.5. The number of carbonyl (C=O) groups excluding carboxylic acids is 2. The number of fused-ring (bicyclic) bond motifs is 1. The van der Waals surface area contributed by atoms with E-state index in [2.05, 4.69) is 24.1 Å². The molecule has 0 aliphatic heterocycles. The molecule has 0 fully saturated rings. The van der Waals surface area contributed by atoms with Gasteiger partial charge in [0.05, 0.1) is 11.1 Å². The van der Waals surface area contributed by atoms with Crippen molar-refractivity contribution in [2.24, 2.45) is 0 Å². The Labute approximate surface area is 164 Å². The number of carbonyl (C=O) groups is 2. The highest BCUT2D eigenvalue weighted by Crippen LogP contribution is 2.21. The molecule has 0 unspecified atom stereocenters. The van der Waals surface area contributed by atoms with E-state index in [1.807, 2.05) is 55.5 Å². The minimum Gasteiger partial charge on any atom is -0.452 e. The summed E-state index contributed by atoms with van der Waals surface area (Å²) in [5.41, 5.74) is 3.76. The van der Waals surface area contributed by atoms with Crippen molar-refractivity contribution in [1.82, 2.24) is 4.98 Å². The number of esters is 1. The van der Waals surface area contributed by atoms with E-state index < -0.39 is 5.97 Å². The monoisotopic (exact) mass is 376 g/mol. The summed E-state index contributed by atoms with van der Waals surface area (Å²) in [6, 6.07) is 16.8. The van der Waals surface area contributed by atoms with Crippen molar-refractivity contribution < 1.29 is 14.3 Å². The van der Waals surface area contributed by atoms with Crippen LogP contribution in [0.2, 0.25) is 0 Å². The quantitative estimate of drug-likeness (QED) is 0.624. The van der Waals surface area contributed by atoms with Gasteiger partial charge in [0.1, 0.15) is 0 Å². The third kappa shape index (κ3) is 4.55. The molecule has 0 spiro atoms. The van der Waals surface area contributed by atoms with Gasteiger partial charge in [0.2, 0.25) is 0 Å². The van der Waals surface area contributed by atoms with Crippen LogP contribution in [0.5, 0.6) is 0 Å². The highest BCUT2D eigenvalue weighted by atomic mass is 16.5. The highest BCUT2D eigenvalue weighted by molar-refractivity contribution is 6.04. The standard InChI is InChI=1S/C23H24N2O3/c1-4-15(2)17-9-11-18(12-10-17)25-22(26)14-28-23(27)20-13-16(3)24-21-8-6-5-7-19(20)21/h5-13,15H,4,14H2,1-3H3,(H,25,26)/t15-/m0/s1. The maximum Gasteiger partial charge on any atom is 0.339 e. The molecule has 2 aromatic carbocycles. The Kier molecular flexibility index (Phi) is 6.04. The lowest BCUT2D eigenvalue weighted by atomic mass is 9.99. The summed E-state index contributed by atoms with van der Waals surface area (Å²) in [6.45, 7) is 5.78. The van der Waals surface area contributed by atoms with Crippen LogP contribution >= 0.6 is 0 Å². The number of para-hydroxylation sites is 1. The molecule has 0 radical (unpaired) electrons. The van der Waals surface area contributed by atoms with E-state index in [0.717, 1.165) is 17.6 Å². The number of pyridine rings is 1. The molecule has 1 aromatic heterocycles. The van der Waals surface area contributed by atoms with Gasteiger partial charge < -0.3 is 10.1 Å². The van der Waals surface area contributed by atoms with Crippen LogP contribution in [0.3, 0.4) is 0 Å². The number of benzene rings is 2. The van der Waals surface area contributed by atoms with Crippen molar-refractivity contribution in [2.75, 3.05) is 11.9 Å². The molecule has 0 saturated heterocycles. The first-order valence-electron chi connectivity index (χ1n) is 9.41. The zero-order valence-corrected chi connectivity index (χ0v) is 16.4. The molecule has 1 atom stereocenters. The van der Waals surface area contributed by atoms with Crippen molar-refractivity contribution in [1.29, 1.82) is 0 Å². The molecule has 0 saturated carbocycles. The van der Waals surface area contributed by atoms with Gasteiger partial charge in [0.25, 0.3) is 5.91 Å². The Hall–Kier alpha value is -3.21. The zero-order valence-electron chi connectivity index (χ0n) is 16.4. The summed E-state index contributed by atoms with van der Waals surface area (Å²) in [7, 11) is 0. The first-order valence-corrected chi connectivity index (χ1v) is 9.41.